The third-order valence-electron chi connectivity index (χ3n) is 6.76. The highest BCUT2D eigenvalue weighted by Crippen LogP contribution is 2.45. The number of carbonyl (C=O) groups is 2. The lowest BCUT2D eigenvalue weighted by atomic mass is 9.93. The van der Waals surface area contributed by atoms with Crippen LogP contribution in [0.3, 0.4) is 0 Å². The van der Waals surface area contributed by atoms with Gasteiger partial charge >= 0.3 is 12.3 Å². The first-order valence-electron chi connectivity index (χ1n) is 14.2. The molecule has 0 aliphatic heterocycles. The summed E-state index contributed by atoms with van der Waals surface area (Å²) in [6.07, 6.45) is 8.14. The molecule has 0 spiro atoms. The highest BCUT2D eigenvalue weighted by Gasteiger charge is 2.23. The fraction of sp³-hybridized carbons (Fsp3) is 0.500. The number of hydrogen-bond donors (Lipinski definition) is 0. The number of rotatable bonds is 14. The summed E-state index contributed by atoms with van der Waals surface area (Å²) in [4.78, 5) is 25.5. The predicted octanol–water partition coefficient (Wildman–Crippen LogP) is 9.31. The Hall–Kier alpha value is -3.28. The standard InChI is InChI=1S/C32H42O6/c1-5-9-11-15-19-35-31(33)37-29-25-17-13-14-18-26(25)30(38-32(34)36-20-16-12-10-6-2)28-24(8-4)21-23(7-3)22-27(28)29/h13-14,17-18,21-22H,5-12,15-16,19-20H2,1-4H3. The molecule has 0 aliphatic rings. The first kappa shape index (κ1) is 29.3. The van der Waals surface area contributed by atoms with Crippen molar-refractivity contribution in [3.63, 3.8) is 0 Å². The van der Waals surface area contributed by atoms with Gasteiger partial charge in [0.25, 0.3) is 0 Å². The van der Waals surface area contributed by atoms with E-state index in [0.29, 0.717) is 47.3 Å². The van der Waals surface area contributed by atoms with Crippen LogP contribution in [0.15, 0.2) is 36.4 Å². The Morgan fingerprint density at radius 3 is 1.71 bits per heavy atom. The number of benzene rings is 3. The van der Waals surface area contributed by atoms with Gasteiger partial charge in [-0.3, -0.25) is 0 Å². The molecule has 38 heavy (non-hydrogen) atoms. The molecule has 3 aromatic rings. The van der Waals surface area contributed by atoms with Gasteiger partial charge in [-0.2, -0.15) is 0 Å². The molecule has 6 heteroatoms. The molecular weight excluding hydrogens is 480 g/mol. The lowest BCUT2D eigenvalue weighted by Gasteiger charge is -2.19. The molecule has 0 unspecified atom stereocenters. The number of aryl methyl sites for hydroxylation is 2. The minimum atomic E-state index is -0.729. The van der Waals surface area contributed by atoms with Gasteiger partial charge < -0.3 is 18.9 Å². The zero-order valence-corrected chi connectivity index (χ0v) is 23.4. The maximum atomic E-state index is 12.8. The van der Waals surface area contributed by atoms with Crippen LogP contribution >= 0.6 is 0 Å². The van der Waals surface area contributed by atoms with E-state index in [1.165, 1.54) is 0 Å². The van der Waals surface area contributed by atoms with Crippen molar-refractivity contribution in [2.75, 3.05) is 13.2 Å². The van der Waals surface area contributed by atoms with Gasteiger partial charge in [-0.15, -0.1) is 0 Å². The third-order valence-corrected chi connectivity index (χ3v) is 6.76. The van der Waals surface area contributed by atoms with E-state index < -0.39 is 12.3 Å². The summed E-state index contributed by atoms with van der Waals surface area (Å²) in [7, 11) is 0. The molecular formula is C32H42O6. The molecule has 0 heterocycles. The molecule has 0 atom stereocenters. The van der Waals surface area contributed by atoms with Gasteiger partial charge in [-0.25, -0.2) is 9.59 Å². The summed E-state index contributed by atoms with van der Waals surface area (Å²) in [6.45, 7) is 9.06. The molecule has 3 aromatic carbocycles. The second-order valence-corrected chi connectivity index (χ2v) is 9.61. The second kappa shape index (κ2) is 15.2. The summed E-state index contributed by atoms with van der Waals surface area (Å²) >= 11 is 0. The van der Waals surface area contributed by atoms with Gasteiger partial charge in [0.2, 0.25) is 0 Å². The van der Waals surface area contributed by atoms with Crippen molar-refractivity contribution < 1.29 is 28.5 Å². The van der Waals surface area contributed by atoms with Gasteiger partial charge in [0.1, 0.15) is 5.75 Å². The number of ether oxygens (including phenoxy) is 4. The molecule has 6 nitrogen and oxygen atoms in total. The van der Waals surface area contributed by atoms with E-state index in [0.717, 1.165) is 74.3 Å². The fourth-order valence-electron chi connectivity index (χ4n) is 4.67. The highest BCUT2D eigenvalue weighted by molar-refractivity contribution is 6.13. The van der Waals surface area contributed by atoms with Crippen LogP contribution in [0.1, 0.15) is 90.2 Å². The molecule has 0 amide bonds. The lowest BCUT2D eigenvalue weighted by Crippen LogP contribution is -2.14. The SMILES string of the molecule is CCCCCCOC(=O)Oc1c2ccccc2c(OC(=O)OCCCCCC)c2c(CC)cc(CC)cc12. The number of hydrogen-bond acceptors (Lipinski definition) is 6. The van der Waals surface area contributed by atoms with Crippen LogP contribution in [0.2, 0.25) is 0 Å². The summed E-state index contributed by atoms with van der Waals surface area (Å²) in [5, 5.41) is 2.81. The van der Waals surface area contributed by atoms with Crippen LogP contribution in [-0.2, 0) is 22.3 Å². The number of fused-ring (bicyclic) bond motifs is 2. The maximum absolute atomic E-state index is 12.8. The Morgan fingerprint density at radius 2 is 1.18 bits per heavy atom. The normalized spacial score (nSPS) is 11.1. The second-order valence-electron chi connectivity index (χ2n) is 9.61. The quantitative estimate of drug-likeness (QED) is 0.0909. The molecule has 0 aliphatic carbocycles. The molecule has 206 valence electrons. The Kier molecular flexibility index (Phi) is 11.7. The zero-order valence-electron chi connectivity index (χ0n) is 23.4. The minimum absolute atomic E-state index is 0.320. The Bertz CT molecular complexity index is 1220. The molecule has 0 saturated heterocycles. The van der Waals surface area contributed by atoms with E-state index >= 15 is 0 Å². The van der Waals surface area contributed by atoms with E-state index in [2.05, 4.69) is 33.8 Å². The molecule has 0 saturated carbocycles. The highest BCUT2D eigenvalue weighted by atomic mass is 16.7. The van der Waals surface area contributed by atoms with Crippen molar-refractivity contribution >= 4 is 33.9 Å². The van der Waals surface area contributed by atoms with Crippen LogP contribution in [0.5, 0.6) is 11.5 Å². The van der Waals surface area contributed by atoms with E-state index in [1.807, 2.05) is 30.3 Å². The Morgan fingerprint density at radius 1 is 0.632 bits per heavy atom. The maximum Gasteiger partial charge on any atom is 0.513 e. The van der Waals surface area contributed by atoms with Gasteiger partial charge in [-0.1, -0.05) is 96.6 Å². The average molecular weight is 523 g/mol. The van der Waals surface area contributed by atoms with E-state index in [1.54, 1.807) is 0 Å². The third kappa shape index (κ3) is 7.62. The number of unbranched alkanes of at least 4 members (excludes halogenated alkanes) is 6. The van der Waals surface area contributed by atoms with E-state index in [-0.39, 0.29) is 0 Å². The summed E-state index contributed by atoms with van der Waals surface area (Å²) in [6, 6.07) is 11.6. The average Bonchev–Trinajstić information content (AvgIpc) is 2.93. The van der Waals surface area contributed by atoms with Crippen molar-refractivity contribution in [1.29, 1.82) is 0 Å². The van der Waals surface area contributed by atoms with Gasteiger partial charge in [-0.05, 0) is 42.9 Å². The number of carbonyl (C=O) groups excluding carboxylic acids is 2. The topological polar surface area (TPSA) is 71.1 Å². The lowest BCUT2D eigenvalue weighted by molar-refractivity contribution is 0.0965. The largest absolute Gasteiger partial charge is 0.513 e. The van der Waals surface area contributed by atoms with Gasteiger partial charge in [0, 0.05) is 21.5 Å². The van der Waals surface area contributed by atoms with Crippen LogP contribution in [0.4, 0.5) is 9.59 Å². The summed E-state index contributed by atoms with van der Waals surface area (Å²) in [5.74, 6) is 0.841. The molecule has 0 aromatic heterocycles. The van der Waals surface area contributed by atoms with Crippen molar-refractivity contribution in [3.05, 3.63) is 47.5 Å². The van der Waals surface area contributed by atoms with Crippen molar-refractivity contribution in [3.8, 4) is 11.5 Å². The summed E-state index contributed by atoms with van der Waals surface area (Å²) in [5.41, 5.74) is 2.11. The van der Waals surface area contributed by atoms with Crippen molar-refractivity contribution in [1.82, 2.24) is 0 Å². The molecule has 3 rings (SSSR count). The Labute approximate surface area is 226 Å². The minimum Gasteiger partial charge on any atom is -0.434 e. The van der Waals surface area contributed by atoms with Crippen LogP contribution in [0, 0.1) is 0 Å². The van der Waals surface area contributed by atoms with Crippen LogP contribution < -0.4 is 9.47 Å². The molecule has 0 radical (unpaired) electrons. The molecule has 0 bridgehead atoms. The monoisotopic (exact) mass is 522 g/mol. The van der Waals surface area contributed by atoms with E-state index in [4.69, 9.17) is 18.9 Å². The van der Waals surface area contributed by atoms with Gasteiger partial charge in [0.15, 0.2) is 5.75 Å². The van der Waals surface area contributed by atoms with Crippen LogP contribution in [0.25, 0.3) is 21.5 Å². The van der Waals surface area contributed by atoms with E-state index in [9.17, 15) is 9.59 Å². The van der Waals surface area contributed by atoms with Crippen molar-refractivity contribution in [2.24, 2.45) is 0 Å². The summed E-state index contributed by atoms with van der Waals surface area (Å²) < 4.78 is 22.6. The predicted molar refractivity (Wildman–Crippen MR) is 152 cm³/mol. The van der Waals surface area contributed by atoms with Gasteiger partial charge in [0.05, 0.1) is 13.2 Å². The van der Waals surface area contributed by atoms with Crippen molar-refractivity contribution in [2.45, 2.75) is 91.9 Å². The first-order valence-corrected chi connectivity index (χ1v) is 14.2. The smallest absolute Gasteiger partial charge is 0.434 e. The first-order chi connectivity index (χ1) is 18.5. The van der Waals surface area contributed by atoms with Crippen LogP contribution in [-0.4, -0.2) is 25.5 Å². The fourth-order valence-corrected chi connectivity index (χ4v) is 4.67. The molecule has 0 N–H and O–H groups in total. The Balaban J connectivity index is 2.02. The molecule has 0 fully saturated rings. The zero-order chi connectivity index (χ0) is 27.3.